The van der Waals surface area contributed by atoms with Gasteiger partial charge in [-0.2, -0.15) is 0 Å². The molecular weight excluding hydrogens is 284 g/mol. The molecule has 2 nitrogen and oxygen atoms in total. The van der Waals surface area contributed by atoms with Crippen LogP contribution < -0.4 is 5.32 Å². The van der Waals surface area contributed by atoms with Crippen LogP contribution in [0.4, 0.5) is 23.2 Å². The number of fused-ring (bicyclic) bond motifs is 1. The van der Waals surface area contributed by atoms with Crippen LogP contribution in [-0.2, 0) is 6.54 Å². The Morgan fingerprint density at radius 2 is 1.67 bits per heavy atom. The van der Waals surface area contributed by atoms with Crippen molar-refractivity contribution < 1.29 is 17.6 Å². The highest BCUT2D eigenvalue weighted by molar-refractivity contribution is 5.82. The zero-order valence-corrected chi connectivity index (χ0v) is 10.7. The molecular formula is C15H10F4N2. The van der Waals surface area contributed by atoms with E-state index < -0.39 is 29.0 Å². The van der Waals surface area contributed by atoms with Gasteiger partial charge in [0.15, 0.2) is 23.3 Å². The first-order valence-electron chi connectivity index (χ1n) is 6.20. The van der Waals surface area contributed by atoms with E-state index in [0.29, 0.717) is 0 Å². The van der Waals surface area contributed by atoms with Crippen molar-refractivity contribution in [3.63, 3.8) is 0 Å². The SMILES string of the molecule is Fc1cc(F)c(F)c(NCc2cccc3cc[nH]c23)c1F. The Labute approximate surface area is 117 Å². The topological polar surface area (TPSA) is 27.8 Å². The van der Waals surface area contributed by atoms with Crippen molar-refractivity contribution in [3.8, 4) is 0 Å². The first kappa shape index (κ1) is 13.5. The molecule has 0 saturated heterocycles. The quantitative estimate of drug-likeness (QED) is 0.546. The molecule has 0 radical (unpaired) electrons. The maximum absolute atomic E-state index is 13.5. The fourth-order valence-electron chi connectivity index (χ4n) is 2.21. The Hall–Kier alpha value is -2.50. The summed E-state index contributed by atoms with van der Waals surface area (Å²) in [5.74, 6) is -5.75. The number of nitrogens with one attached hydrogen (secondary N) is 2. The van der Waals surface area contributed by atoms with Crippen LogP contribution in [0.15, 0.2) is 36.5 Å². The Balaban J connectivity index is 1.94. The van der Waals surface area contributed by atoms with Gasteiger partial charge in [0.1, 0.15) is 5.69 Å². The number of para-hydroxylation sites is 1. The summed E-state index contributed by atoms with van der Waals surface area (Å²) >= 11 is 0. The molecule has 21 heavy (non-hydrogen) atoms. The minimum Gasteiger partial charge on any atom is -0.376 e. The summed E-state index contributed by atoms with van der Waals surface area (Å²) in [5, 5.41) is 3.34. The second-order valence-corrected chi connectivity index (χ2v) is 4.56. The summed E-state index contributed by atoms with van der Waals surface area (Å²) in [5.41, 5.74) is 0.708. The van der Waals surface area contributed by atoms with Crippen LogP contribution in [0.2, 0.25) is 0 Å². The molecule has 0 saturated carbocycles. The van der Waals surface area contributed by atoms with Gasteiger partial charge in [0.25, 0.3) is 0 Å². The minimum atomic E-state index is -1.44. The molecule has 0 aliphatic carbocycles. The molecule has 108 valence electrons. The number of anilines is 1. The number of benzene rings is 2. The Morgan fingerprint density at radius 1 is 0.952 bits per heavy atom. The number of aromatic amines is 1. The lowest BCUT2D eigenvalue weighted by atomic mass is 10.1. The van der Waals surface area contributed by atoms with E-state index in [9.17, 15) is 17.6 Å². The van der Waals surface area contributed by atoms with Gasteiger partial charge in [-0.05, 0) is 17.0 Å². The predicted molar refractivity (Wildman–Crippen MR) is 71.9 cm³/mol. The Kier molecular flexibility index (Phi) is 3.29. The van der Waals surface area contributed by atoms with Gasteiger partial charge in [0.05, 0.1) is 5.52 Å². The first-order chi connectivity index (χ1) is 10.1. The van der Waals surface area contributed by atoms with Gasteiger partial charge < -0.3 is 10.3 Å². The third kappa shape index (κ3) is 2.33. The van der Waals surface area contributed by atoms with E-state index in [1.807, 2.05) is 12.1 Å². The zero-order chi connectivity index (χ0) is 15.0. The van der Waals surface area contributed by atoms with Crippen LogP contribution in [0.1, 0.15) is 5.56 Å². The average Bonchev–Trinajstić information content (AvgIpc) is 2.94. The van der Waals surface area contributed by atoms with Crippen LogP contribution in [0.3, 0.4) is 0 Å². The molecule has 0 fully saturated rings. The number of rotatable bonds is 3. The monoisotopic (exact) mass is 294 g/mol. The number of halogens is 4. The van der Waals surface area contributed by atoms with Crippen molar-refractivity contribution in [1.82, 2.24) is 4.98 Å². The fraction of sp³-hybridized carbons (Fsp3) is 0.0667. The van der Waals surface area contributed by atoms with Gasteiger partial charge in [0, 0.05) is 18.8 Å². The minimum absolute atomic E-state index is 0.0224. The first-order valence-corrected chi connectivity index (χ1v) is 6.20. The molecule has 0 spiro atoms. The van der Waals surface area contributed by atoms with Gasteiger partial charge in [0.2, 0.25) is 0 Å². The highest BCUT2D eigenvalue weighted by atomic mass is 19.2. The van der Waals surface area contributed by atoms with Gasteiger partial charge in [-0.15, -0.1) is 0 Å². The Bertz CT molecular complexity index is 785. The molecule has 6 heteroatoms. The molecule has 2 N–H and O–H groups in total. The van der Waals surface area contributed by atoms with Crippen molar-refractivity contribution in [1.29, 1.82) is 0 Å². The highest BCUT2D eigenvalue weighted by Crippen LogP contribution is 2.25. The van der Waals surface area contributed by atoms with E-state index in [-0.39, 0.29) is 12.6 Å². The lowest BCUT2D eigenvalue weighted by Gasteiger charge is -2.10. The summed E-state index contributed by atoms with van der Waals surface area (Å²) in [6, 6.07) is 7.44. The lowest BCUT2D eigenvalue weighted by molar-refractivity contribution is 0.458. The van der Waals surface area contributed by atoms with E-state index in [1.54, 1.807) is 18.3 Å². The van der Waals surface area contributed by atoms with Gasteiger partial charge in [-0.1, -0.05) is 18.2 Å². The van der Waals surface area contributed by atoms with Crippen molar-refractivity contribution >= 4 is 16.6 Å². The summed E-state index contributed by atoms with van der Waals surface area (Å²) < 4.78 is 53.3. The maximum Gasteiger partial charge on any atom is 0.185 e. The summed E-state index contributed by atoms with van der Waals surface area (Å²) in [4.78, 5) is 3.00. The molecule has 0 unspecified atom stereocenters. The van der Waals surface area contributed by atoms with Crippen LogP contribution in [0, 0.1) is 23.3 Å². The average molecular weight is 294 g/mol. The molecule has 0 amide bonds. The summed E-state index contributed by atoms with van der Waals surface area (Å²) in [6.45, 7) is 0.0224. The Morgan fingerprint density at radius 3 is 2.38 bits per heavy atom. The number of H-pyrrole nitrogens is 1. The molecule has 0 aliphatic rings. The third-order valence-electron chi connectivity index (χ3n) is 3.24. The molecule has 1 aromatic heterocycles. The summed E-state index contributed by atoms with van der Waals surface area (Å²) in [7, 11) is 0. The van der Waals surface area contributed by atoms with Gasteiger partial charge >= 0.3 is 0 Å². The van der Waals surface area contributed by atoms with Gasteiger partial charge in [-0.25, -0.2) is 17.6 Å². The molecule has 0 bridgehead atoms. The third-order valence-corrected chi connectivity index (χ3v) is 3.24. The van der Waals surface area contributed by atoms with Crippen molar-refractivity contribution in [2.75, 3.05) is 5.32 Å². The second kappa shape index (κ2) is 5.12. The molecule has 1 heterocycles. The highest BCUT2D eigenvalue weighted by Gasteiger charge is 2.19. The number of hydrogen-bond acceptors (Lipinski definition) is 1. The van der Waals surface area contributed by atoms with Crippen molar-refractivity contribution in [2.24, 2.45) is 0 Å². The zero-order valence-electron chi connectivity index (χ0n) is 10.7. The van der Waals surface area contributed by atoms with Crippen LogP contribution >= 0.6 is 0 Å². The van der Waals surface area contributed by atoms with E-state index in [2.05, 4.69) is 10.3 Å². The number of hydrogen-bond donors (Lipinski definition) is 2. The van der Waals surface area contributed by atoms with Crippen molar-refractivity contribution in [3.05, 3.63) is 65.4 Å². The second-order valence-electron chi connectivity index (χ2n) is 4.56. The molecule has 0 atom stereocenters. The lowest BCUT2D eigenvalue weighted by Crippen LogP contribution is -2.07. The van der Waals surface area contributed by atoms with Crippen LogP contribution in [0.25, 0.3) is 10.9 Å². The maximum atomic E-state index is 13.5. The molecule has 3 aromatic rings. The molecule has 3 rings (SSSR count). The predicted octanol–water partition coefficient (Wildman–Crippen LogP) is 4.34. The van der Waals surface area contributed by atoms with Crippen LogP contribution in [-0.4, -0.2) is 4.98 Å². The normalized spacial score (nSPS) is 11.0. The molecule has 0 aliphatic heterocycles. The smallest absolute Gasteiger partial charge is 0.185 e. The van der Waals surface area contributed by atoms with Crippen LogP contribution in [0.5, 0.6) is 0 Å². The molecule has 2 aromatic carbocycles. The van der Waals surface area contributed by atoms with E-state index in [4.69, 9.17) is 0 Å². The van der Waals surface area contributed by atoms with Gasteiger partial charge in [-0.3, -0.25) is 0 Å². The van der Waals surface area contributed by atoms with E-state index >= 15 is 0 Å². The van der Waals surface area contributed by atoms with E-state index in [1.165, 1.54) is 0 Å². The van der Waals surface area contributed by atoms with Crippen molar-refractivity contribution in [2.45, 2.75) is 6.54 Å². The standard InChI is InChI=1S/C15H10F4N2/c16-10-6-11(17)13(19)15(12(10)18)21-7-9-3-1-2-8-4-5-20-14(8)9/h1-6,20-21H,7H2. The number of aromatic nitrogens is 1. The largest absolute Gasteiger partial charge is 0.376 e. The fourth-order valence-corrected chi connectivity index (χ4v) is 2.21. The summed E-state index contributed by atoms with van der Waals surface area (Å²) in [6.07, 6.45) is 1.73. The van der Waals surface area contributed by atoms with E-state index in [0.717, 1.165) is 16.5 Å².